The standard InChI is InChI=1S/C49H34.C45H32.C41H30/c1-49(2)45-23-13-12-20-38(45)42-30-34(25-27-46(42)49)47-39-21-10-11-22-40(39)48(41-26-24-32(28-44(41)47)31-14-4-3-5-15-31)43-29-33-16-6-7-17-35(33)36-18-8-9-19-37(36)43;1-45(2)41-19-11-10-16-35(41)39-28-34(23-25-42(39)45)44-37-18-9-8-17-36(37)43(33-21-20-30-14-6-7-15-31(30)26-33)38-24-22-32(27-40(38)44)29-12-4-3-5-13-29;1-41(2)37-20-12-11-17-31(37)35-26-30(22-24-38(35)41)40-33-19-10-9-18-32(33)39(28-15-7-4-8-16-28)34-23-21-29(25-36(34)40)27-13-5-3-6-14-27/h3-30H,1-2H3;3-28H,1-2H3;3-26H,1-2H3. The van der Waals surface area contributed by atoms with Crippen LogP contribution in [0.5, 0.6) is 0 Å². The fraction of sp³-hybridized carbons (Fsp3) is 0.0667. The Morgan fingerprint density at radius 1 is 0.111 bits per heavy atom. The highest BCUT2D eigenvalue weighted by molar-refractivity contribution is 6.28. The van der Waals surface area contributed by atoms with Crippen LogP contribution < -0.4 is 0 Å². The minimum Gasteiger partial charge on any atom is -0.0622 e. The van der Waals surface area contributed by atoms with E-state index in [2.05, 4.69) is 515 Å². The molecule has 0 heteroatoms. The average molecular weight is 1720 g/mol. The van der Waals surface area contributed by atoms with E-state index >= 15 is 0 Å². The van der Waals surface area contributed by atoms with Crippen molar-refractivity contribution < 1.29 is 0 Å². The van der Waals surface area contributed by atoms with Gasteiger partial charge in [0.15, 0.2) is 0 Å². The van der Waals surface area contributed by atoms with E-state index in [9.17, 15) is 0 Å². The predicted molar refractivity (Wildman–Crippen MR) is 578 cm³/mol. The first-order chi connectivity index (χ1) is 66.3. The molecule has 0 bridgehead atoms. The quantitative estimate of drug-likeness (QED) is 0.0998. The van der Waals surface area contributed by atoms with Crippen LogP contribution in [0.2, 0.25) is 0 Å². The third-order valence-electron chi connectivity index (χ3n) is 30.1. The highest BCUT2D eigenvalue weighted by Crippen LogP contribution is 2.58. The van der Waals surface area contributed by atoms with E-state index in [1.165, 1.54) is 264 Å². The first-order valence-electron chi connectivity index (χ1n) is 47.6. The van der Waals surface area contributed by atoms with Gasteiger partial charge in [-0.05, 0) is 312 Å². The maximum atomic E-state index is 2.46. The minimum absolute atomic E-state index is 0.00770. The number of rotatable bonds is 9. The molecule has 0 atom stereocenters. The Balaban J connectivity index is 0.000000108. The normalized spacial score (nSPS) is 13.3. The molecule has 0 saturated heterocycles. The summed E-state index contributed by atoms with van der Waals surface area (Å²) >= 11 is 0. The van der Waals surface area contributed by atoms with Gasteiger partial charge in [-0.2, -0.15) is 0 Å². The summed E-state index contributed by atoms with van der Waals surface area (Å²) in [4.78, 5) is 0. The van der Waals surface area contributed by atoms with Gasteiger partial charge in [0.2, 0.25) is 0 Å². The van der Waals surface area contributed by atoms with Gasteiger partial charge in [0.25, 0.3) is 0 Å². The van der Waals surface area contributed by atoms with Gasteiger partial charge in [-0.3, -0.25) is 0 Å². The van der Waals surface area contributed by atoms with Crippen LogP contribution >= 0.6 is 0 Å². The van der Waals surface area contributed by atoms with E-state index in [4.69, 9.17) is 0 Å². The molecule has 0 aromatic heterocycles. The maximum Gasteiger partial charge on any atom is 0.0158 e. The van der Waals surface area contributed by atoms with Crippen molar-refractivity contribution in [2.45, 2.75) is 57.8 Å². The van der Waals surface area contributed by atoms with Crippen molar-refractivity contribution in [3.05, 3.63) is 507 Å². The van der Waals surface area contributed by atoms with E-state index in [0.717, 1.165) is 0 Å². The Morgan fingerprint density at radius 2 is 0.363 bits per heavy atom. The Hall–Kier alpha value is -16.4. The molecule has 24 aromatic rings. The SMILES string of the molecule is CC1(C)c2ccccc2-c2cc(-c3c4ccccc4c(-c4cc5ccccc5c5ccccc45)c4ccc(-c5ccccc5)cc34)ccc21.CC1(C)c2ccccc2-c2cc(-c3c4ccccc4c(-c4ccc5ccccc5c4)c4ccc(-c5ccccc5)cc34)ccc21.CC1(C)c2ccccc2-c2cc(-c3c4ccccc4c(-c4ccccc4)c4ccc(-c5ccccc5)cc34)ccc21. The van der Waals surface area contributed by atoms with Gasteiger partial charge in [0.05, 0.1) is 0 Å². The van der Waals surface area contributed by atoms with E-state index in [1.54, 1.807) is 0 Å². The molecule has 0 radical (unpaired) electrons. The summed E-state index contributed by atoms with van der Waals surface area (Å²) in [6.45, 7) is 14.1. The second-order valence-corrected chi connectivity index (χ2v) is 38.7. The molecule has 0 saturated carbocycles. The number of fused-ring (bicyclic) bond motifs is 19. The lowest BCUT2D eigenvalue weighted by molar-refractivity contribution is 0.660. The lowest BCUT2D eigenvalue weighted by Crippen LogP contribution is -2.14. The summed E-state index contributed by atoms with van der Waals surface area (Å²) in [5.41, 5.74) is 39.2. The third kappa shape index (κ3) is 13.2. The van der Waals surface area contributed by atoms with Crippen molar-refractivity contribution in [2.24, 2.45) is 0 Å². The molecule has 0 unspecified atom stereocenters. The monoisotopic (exact) mass is 1720 g/mol. The van der Waals surface area contributed by atoms with Crippen molar-refractivity contribution in [1.82, 2.24) is 0 Å². The first-order valence-corrected chi connectivity index (χ1v) is 47.6. The van der Waals surface area contributed by atoms with E-state index in [-0.39, 0.29) is 16.2 Å². The van der Waals surface area contributed by atoms with Gasteiger partial charge in [0, 0.05) is 16.2 Å². The zero-order valence-corrected chi connectivity index (χ0v) is 76.5. The molecule has 0 aliphatic heterocycles. The van der Waals surface area contributed by atoms with Gasteiger partial charge in [-0.25, -0.2) is 0 Å². The van der Waals surface area contributed by atoms with Crippen LogP contribution in [-0.4, -0.2) is 0 Å². The van der Waals surface area contributed by atoms with Crippen LogP contribution in [0.25, 0.3) is 230 Å². The zero-order chi connectivity index (χ0) is 90.4. The van der Waals surface area contributed by atoms with E-state index in [0.29, 0.717) is 0 Å². The highest BCUT2D eigenvalue weighted by Gasteiger charge is 2.39. The lowest BCUT2D eigenvalue weighted by Gasteiger charge is -2.22. The fourth-order valence-corrected chi connectivity index (χ4v) is 23.6. The summed E-state index contributed by atoms with van der Waals surface area (Å²) in [5.74, 6) is 0. The molecule has 636 valence electrons. The van der Waals surface area contributed by atoms with Crippen LogP contribution in [0.1, 0.15) is 74.9 Å². The summed E-state index contributed by atoms with van der Waals surface area (Å²) in [5, 5.41) is 23.0. The van der Waals surface area contributed by atoms with Crippen molar-refractivity contribution >= 4 is 97.0 Å². The molecule has 0 fully saturated rings. The van der Waals surface area contributed by atoms with Crippen molar-refractivity contribution in [3.63, 3.8) is 0 Å². The largest absolute Gasteiger partial charge is 0.0622 e. The Labute approximate surface area is 789 Å². The van der Waals surface area contributed by atoms with E-state index in [1.807, 2.05) is 0 Å². The number of benzene rings is 24. The third-order valence-corrected chi connectivity index (χ3v) is 30.1. The summed E-state index contributed by atoms with van der Waals surface area (Å²) < 4.78 is 0. The molecule has 135 heavy (non-hydrogen) atoms. The first kappa shape index (κ1) is 80.7. The Bertz CT molecular complexity index is 8970. The van der Waals surface area contributed by atoms with Crippen LogP contribution in [0.15, 0.2) is 473 Å². The second kappa shape index (κ2) is 32.0. The molecule has 0 amide bonds. The maximum absolute atomic E-state index is 2.46. The summed E-state index contributed by atoms with van der Waals surface area (Å²) in [7, 11) is 0. The van der Waals surface area contributed by atoms with Crippen LogP contribution in [0.3, 0.4) is 0 Å². The predicted octanol–water partition coefficient (Wildman–Crippen LogP) is 37.4. The topological polar surface area (TPSA) is 0 Å². The molecule has 24 aromatic carbocycles. The number of hydrogen-bond acceptors (Lipinski definition) is 0. The molecule has 27 rings (SSSR count). The van der Waals surface area contributed by atoms with Gasteiger partial charge in [-0.15, -0.1) is 0 Å². The van der Waals surface area contributed by atoms with Crippen molar-refractivity contribution in [2.75, 3.05) is 0 Å². The van der Waals surface area contributed by atoms with Crippen molar-refractivity contribution in [3.8, 4) is 134 Å². The van der Waals surface area contributed by atoms with Crippen LogP contribution in [-0.2, 0) is 16.2 Å². The molecule has 3 aliphatic rings. The molecule has 3 aliphatic carbocycles. The average Bonchev–Trinajstić information content (AvgIpc) is 1.52. The van der Waals surface area contributed by atoms with Crippen LogP contribution in [0, 0.1) is 0 Å². The molecular formula is C135H96. The van der Waals surface area contributed by atoms with Crippen molar-refractivity contribution in [1.29, 1.82) is 0 Å². The molecule has 0 N–H and O–H groups in total. The smallest absolute Gasteiger partial charge is 0.0158 e. The Morgan fingerprint density at radius 3 is 0.756 bits per heavy atom. The highest BCUT2D eigenvalue weighted by atomic mass is 14.4. The van der Waals surface area contributed by atoms with E-state index < -0.39 is 0 Å². The zero-order valence-electron chi connectivity index (χ0n) is 76.5. The van der Waals surface area contributed by atoms with Gasteiger partial charge in [0.1, 0.15) is 0 Å². The summed E-state index contributed by atoms with van der Waals surface area (Å²) in [6.07, 6.45) is 0. The van der Waals surface area contributed by atoms with Crippen LogP contribution in [0.4, 0.5) is 0 Å². The Kier molecular flexibility index (Phi) is 19.1. The minimum atomic E-state index is -0.0317. The lowest BCUT2D eigenvalue weighted by atomic mass is 9.81. The van der Waals surface area contributed by atoms with Gasteiger partial charge >= 0.3 is 0 Å². The molecular weight excluding hydrogens is 1620 g/mol. The molecule has 0 spiro atoms. The molecule has 0 heterocycles. The fourth-order valence-electron chi connectivity index (χ4n) is 23.6. The summed E-state index contributed by atoms with van der Waals surface area (Å²) in [6, 6.07) is 175. The molecule has 0 nitrogen and oxygen atoms in total. The van der Waals surface area contributed by atoms with Gasteiger partial charge in [-0.1, -0.05) is 466 Å². The second-order valence-electron chi connectivity index (χ2n) is 38.7. The number of hydrogen-bond donors (Lipinski definition) is 0. The van der Waals surface area contributed by atoms with Gasteiger partial charge < -0.3 is 0 Å².